The summed E-state index contributed by atoms with van der Waals surface area (Å²) in [7, 11) is 0. The molecule has 0 unspecified atom stereocenters. The molecule has 0 aliphatic carbocycles. The molecular weight excluding hydrogens is 359 g/mol. The van der Waals surface area contributed by atoms with Crippen molar-refractivity contribution >= 4 is 23.2 Å². The second kappa shape index (κ2) is 9.00. The molecule has 144 valence electrons. The first-order valence-electron chi connectivity index (χ1n) is 9.14. The van der Waals surface area contributed by atoms with E-state index in [0.717, 1.165) is 0 Å². The predicted molar refractivity (Wildman–Crippen MR) is 104 cm³/mol. The molecule has 1 N–H and O–H groups in total. The number of nitrogens with zero attached hydrogens (tertiary/aromatic N) is 3. The highest BCUT2D eigenvalue weighted by molar-refractivity contribution is 5.93. The summed E-state index contributed by atoms with van der Waals surface area (Å²) < 4.78 is 13.9. The standard InChI is InChI=1S/C21H21FN4O2/c22-18-3-1-2-4-19(18)25-11-13-26(14-12-25)21(28)10-9-20(27)24-17-7-5-16(15-23)6-8-17/h1-8H,9-14H2,(H,24,27). The lowest BCUT2D eigenvalue weighted by Gasteiger charge is -2.36. The zero-order valence-corrected chi connectivity index (χ0v) is 15.4. The molecule has 0 radical (unpaired) electrons. The van der Waals surface area contributed by atoms with Crippen LogP contribution in [0.15, 0.2) is 48.5 Å². The van der Waals surface area contributed by atoms with E-state index in [1.54, 1.807) is 47.4 Å². The van der Waals surface area contributed by atoms with Crippen molar-refractivity contribution in [3.05, 3.63) is 59.9 Å². The summed E-state index contributed by atoms with van der Waals surface area (Å²) in [4.78, 5) is 28.0. The fourth-order valence-corrected chi connectivity index (χ4v) is 3.14. The summed E-state index contributed by atoms with van der Waals surface area (Å²) >= 11 is 0. The first-order valence-corrected chi connectivity index (χ1v) is 9.14. The van der Waals surface area contributed by atoms with Gasteiger partial charge in [-0.3, -0.25) is 9.59 Å². The van der Waals surface area contributed by atoms with Gasteiger partial charge in [0.1, 0.15) is 5.82 Å². The number of rotatable bonds is 5. The third kappa shape index (κ3) is 4.86. The Balaban J connectivity index is 1.43. The maximum Gasteiger partial charge on any atom is 0.224 e. The van der Waals surface area contributed by atoms with Crippen molar-refractivity contribution in [2.24, 2.45) is 0 Å². The van der Waals surface area contributed by atoms with E-state index in [0.29, 0.717) is 43.1 Å². The molecule has 28 heavy (non-hydrogen) atoms. The first-order chi connectivity index (χ1) is 13.6. The number of para-hydroxylation sites is 1. The molecule has 1 aliphatic rings. The van der Waals surface area contributed by atoms with Gasteiger partial charge in [0.25, 0.3) is 0 Å². The number of benzene rings is 2. The van der Waals surface area contributed by atoms with E-state index < -0.39 is 0 Å². The summed E-state index contributed by atoms with van der Waals surface area (Å²) in [5.74, 6) is -0.590. The lowest BCUT2D eigenvalue weighted by molar-refractivity contribution is -0.133. The van der Waals surface area contributed by atoms with Crippen LogP contribution in [0.5, 0.6) is 0 Å². The fourth-order valence-electron chi connectivity index (χ4n) is 3.14. The first kappa shape index (κ1) is 19.4. The number of nitrogens with one attached hydrogen (secondary N) is 1. The molecule has 0 atom stereocenters. The number of hydrogen-bond donors (Lipinski definition) is 1. The SMILES string of the molecule is N#Cc1ccc(NC(=O)CCC(=O)N2CCN(c3ccccc3F)CC2)cc1. The van der Waals surface area contributed by atoms with Crippen LogP contribution < -0.4 is 10.2 Å². The van der Waals surface area contributed by atoms with Gasteiger partial charge in [-0.15, -0.1) is 0 Å². The predicted octanol–water partition coefficient (Wildman–Crippen LogP) is 2.76. The molecule has 1 aliphatic heterocycles. The Labute approximate surface area is 163 Å². The maximum absolute atomic E-state index is 13.9. The molecule has 2 aromatic rings. The molecule has 1 saturated heterocycles. The summed E-state index contributed by atoms with van der Waals surface area (Å²) in [6.45, 7) is 2.13. The van der Waals surface area contributed by atoms with Crippen LogP contribution in [0.1, 0.15) is 18.4 Å². The lowest BCUT2D eigenvalue weighted by Crippen LogP contribution is -2.49. The van der Waals surface area contributed by atoms with Crippen molar-refractivity contribution in [2.75, 3.05) is 36.4 Å². The van der Waals surface area contributed by atoms with Crippen molar-refractivity contribution in [1.82, 2.24) is 4.90 Å². The smallest absolute Gasteiger partial charge is 0.224 e. The number of piperazine rings is 1. The van der Waals surface area contributed by atoms with Crippen LogP contribution in [0, 0.1) is 17.1 Å². The van der Waals surface area contributed by atoms with Crippen LogP contribution in [-0.2, 0) is 9.59 Å². The molecule has 2 amide bonds. The molecule has 1 fully saturated rings. The number of carbonyl (C=O) groups excluding carboxylic acids is 2. The number of amides is 2. The molecule has 7 heteroatoms. The third-order valence-electron chi connectivity index (χ3n) is 4.69. The highest BCUT2D eigenvalue weighted by Gasteiger charge is 2.22. The highest BCUT2D eigenvalue weighted by Crippen LogP contribution is 2.20. The highest BCUT2D eigenvalue weighted by atomic mass is 19.1. The van der Waals surface area contributed by atoms with Gasteiger partial charge in [0, 0.05) is 44.7 Å². The van der Waals surface area contributed by atoms with Crippen molar-refractivity contribution in [3.63, 3.8) is 0 Å². The van der Waals surface area contributed by atoms with E-state index in [1.807, 2.05) is 11.0 Å². The number of anilines is 2. The van der Waals surface area contributed by atoms with Crippen LogP contribution in [-0.4, -0.2) is 42.9 Å². The number of halogens is 1. The number of hydrogen-bond acceptors (Lipinski definition) is 4. The van der Waals surface area contributed by atoms with Crippen LogP contribution in [0.4, 0.5) is 15.8 Å². The van der Waals surface area contributed by atoms with Gasteiger partial charge in [0.15, 0.2) is 0 Å². The lowest BCUT2D eigenvalue weighted by atomic mass is 10.2. The minimum atomic E-state index is -0.262. The second-order valence-electron chi connectivity index (χ2n) is 6.56. The summed E-state index contributed by atoms with van der Waals surface area (Å²) in [6, 6.07) is 15.2. The van der Waals surface area contributed by atoms with Gasteiger partial charge in [-0.05, 0) is 36.4 Å². The largest absolute Gasteiger partial charge is 0.366 e. The van der Waals surface area contributed by atoms with Gasteiger partial charge in [-0.1, -0.05) is 12.1 Å². The Morgan fingerprint density at radius 1 is 1.00 bits per heavy atom. The van der Waals surface area contributed by atoms with Crippen LogP contribution in [0.3, 0.4) is 0 Å². The number of carbonyl (C=O) groups is 2. The average molecular weight is 380 g/mol. The second-order valence-corrected chi connectivity index (χ2v) is 6.56. The Hall–Kier alpha value is -3.40. The molecule has 2 aromatic carbocycles. The molecule has 0 spiro atoms. The molecule has 3 rings (SSSR count). The van der Waals surface area contributed by atoms with Crippen molar-refractivity contribution < 1.29 is 14.0 Å². The summed E-state index contributed by atoms with van der Waals surface area (Å²) in [5.41, 5.74) is 1.66. The summed E-state index contributed by atoms with van der Waals surface area (Å²) in [6.07, 6.45) is 0.216. The van der Waals surface area contributed by atoms with Crippen molar-refractivity contribution in [1.29, 1.82) is 5.26 Å². The minimum Gasteiger partial charge on any atom is -0.366 e. The minimum absolute atomic E-state index is 0.0804. The molecule has 1 heterocycles. The van der Waals surface area contributed by atoms with E-state index in [-0.39, 0.29) is 30.5 Å². The normalized spacial score (nSPS) is 13.7. The molecule has 0 aromatic heterocycles. The molecule has 6 nitrogen and oxygen atoms in total. The number of nitriles is 1. The maximum atomic E-state index is 13.9. The van der Waals surface area contributed by atoms with Gasteiger partial charge in [-0.2, -0.15) is 5.26 Å². The Bertz CT molecular complexity index is 884. The van der Waals surface area contributed by atoms with Crippen molar-refractivity contribution in [3.8, 4) is 6.07 Å². The van der Waals surface area contributed by atoms with Gasteiger partial charge in [0.05, 0.1) is 17.3 Å². The zero-order valence-electron chi connectivity index (χ0n) is 15.4. The van der Waals surface area contributed by atoms with Gasteiger partial charge in [0.2, 0.25) is 11.8 Å². The summed E-state index contributed by atoms with van der Waals surface area (Å²) in [5, 5.41) is 11.5. The Morgan fingerprint density at radius 2 is 1.68 bits per heavy atom. The topological polar surface area (TPSA) is 76.4 Å². The fraction of sp³-hybridized carbons (Fsp3) is 0.286. The van der Waals surface area contributed by atoms with Gasteiger partial charge in [-0.25, -0.2) is 4.39 Å². The van der Waals surface area contributed by atoms with E-state index in [4.69, 9.17) is 5.26 Å². The van der Waals surface area contributed by atoms with E-state index in [1.165, 1.54) is 6.07 Å². The zero-order chi connectivity index (χ0) is 19.9. The van der Waals surface area contributed by atoms with E-state index >= 15 is 0 Å². The van der Waals surface area contributed by atoms with Gasteiger partial charge >= 0.3 is 0 Å². The van der Waals surface area contributed by atoms with Crippen LogP contribution in [0.2, 0.25) is 0 Å². The monoisotopic (exact) mass is 380 g/mol. The van der Waals surface area contributed by atoms with Gasteiger partial charge < -0.3 is 15.1 Å². The Kier molecular flexibility index (Phi) is 6.22. The van der Waals surface area contributed by atoms with Crippen molar-refractivity contribution in [2.45, 2.75) is 12.8 Å². The average Bonchev–Trinajstić information content (AvgIpc) is 2.73. The van der Waals surface area contributed by atoms with Crippen LogP contribution >= 0.6 is 0 Å². The van der Waals surface area contributed by atoms with E-state index in [9.17, 15) is 14.0 Å². The molecule has 0 bridgehead atoms. The Morgan fingerprint density at radius 3 is 2.32 bits per heavy atom. The third-order valence-corrected chi connectivity index (χ3v) is 4.69. The molecular formula is C21H21FN4O2. The molecule has 0 saturated carbocycles. The van der Waals surface area contributed by atoms with E-state index in [2.05, 4.69) is 5.32 Å². The van der Waals surface area contributed by atoms with Crippen LogP contribution in [0.25, 0.3) is 0 Å². The quantitative estimate of drug-likeness (QED) is 0.865.